The van der Waals surface area contributed by atoms with Gasteiger partial charge in [0.2, 0.25) is 0 Å². The lowest BCUT2D eigenvalue weighted by molar-refractivity contribution is -0.137. The van der Waals surface area contributed by atoms with Crippen LogP contribution in [0.4, 0.5) is 4.39 Å². The van der Waals surface area contributed by atoms with E-state index in [0.717, 1.165) is 5.70 Å². The molecule has 2 rings (SSSR count). The highest BCUT2D eigenvalue weighted by Gasteiger charge is 2.53. The molecule has 0 radical (unpaired) electrons. The van der Waals surface area contributed by atoms with E-state index in [0.29, 0.717) is 25.3 Å². The highest BCUT2D eigenvalue weighted by atomic mass is 35.5. The first-order valence-corrected chi connectivity index (χ1v) is 6.06. The molecular formula is C12H15ClFNO. The van der Waals surface area contributed by atoms with E-state index in [2.05, 4.69) is 0 Å². The molecule has 88 valence electrons. The maximum Gasteiger partial charge on any atom is 0.264 e. The average molecular weight is 244 g/mol. The second-order valence-electron chi connectivity index (χ2n) is 4.38. The molecule has 1 fully saturated rings. The highest BCUT2D eigenvalue weighted by molar-refractivity contribution is 6.17. The standard InChI is InChI=1S/C12H15ClFNO/c1-12(14)9-5-2-3-6-10(9)15(11(12)16)8-4-7-13/h2-3,6,9H,4-5,7-8H2,1H3. The van der Waals surface area contributed by atoms with E-state index in [-0.39, 0.29) is 5.92 Å². The lowest BCUT2D eigenvalue weighted by atomic mass is 9.87. The first-order valence-electron chi connectivity index (χ1n) is 5.52. The van der Waals surface area contributed by atoms with Gasteiger partial charge in [0.1, 0.15) is 0 Å². The second-order valence-corrected chi connectivity index (χ2v) is 4.76. The Bertz CT molecular complexity index is 362. The van der Waals surface area contributed by atoms with Crippen molar-refractivity contribution in [3.63, 3.8) is 0 Å². The summed E-state index contributed by atoms with van der Waals surface area (Å²) < 4.78 is 14.3. The molecule has 1 saturated heterocycles. The summed E-state index contributed by atoms with van der Waals surface area (Å²) in [5, 5.41) is 0. The molecule has 0 aromatic carbocycles. The minimum Gasteiger partial charge on any atom is -0.313 e. The van der Waals surface area contributed by atoms with Gasteiger partial charge in [-0.25, -0.2) is 4.39 Å². The van der Waals surface area contributed by atoms with Crippen LogP contribution in [0.5, 0.6) is 0 Å². The third kappa shape index (κ3) is 1.67. The number of halogens is 2. The fourth-order valence-electron chi connectivity index (χ4n) is 2.37. The van der Waals surface area contributed by atoms with Crippen molar-refractivity contribution in [3.05, 3.63) is 23.9 Å². The molecule has 2 unspecified atom stereocenters. The molecule has 2 aliphatic rings. The molecule has 0 aromatic heterocycles. The van der Waals surface area contributed by atoms with Gasteiger partial charge in [-0.2, -0.15) is 0 Å². The van der Waals surface area contributed by atoms with E-state index < -0.39 is 11.6 Å². The lowest BCUT2D eigenvalue weighted by Crippen LogP contribution is -2.36. The zero-order valence-corrected chi connectivity index (χ0v) is 10.0. The van der Waals surface area contributed by atoms with E-state index in [1.807, 2.05) is 18.2 Å². The van der Waals surface area contributed by atoms with E-state index in [1.54, 1.807) is 4.90 Å². The van der Waals surface area contributed by atoms with Crippen molar-refractivity contribution < 1.29 is 9.18 Å². The maximum atomic E-state index is 14.3. The van der Waals surface area contributed by atoms with Gasteiger partial charge in [-0.15, -0.1) is 11.6 Å². The number of carbonyl (C=O) groups excluding carboxylic acids is 1. The van der Waals surface area contributed by atoms with E-state index in [1.165, 1.54) is 6.92 Å². The molecule has 1 aliphatic heterocycles. The monoisotopic (exact) mass is 243 g/mol. The number of rotatable bonds is 3. The number of nitrogens with zero attached hydrogens (tertiary/aromatic N) is 1. The highest BCUT2D eigenvalue weighted by Crippen LogP contribution is 2.43. The number of fused-ring (bicyclic) bond motifs is 1. The molecular weight excluding hydrogens is 229 g/mol. The van der Waals surface area contributed by atoms with Crippen LogP contribution in [0.15, 0.2) is 23.9 Å². The summed E-state index contributed by atoms with van der Waals surface area (Å²) in [6.07, 6.45) is 6.92. The van der Waals surface area contributed by atoms with E-state index in [4.69, 9.17) is 11.6 Å². The first kappa shape index (κ1) is 11.6. The summed E-state index contributed by atoms with van der Waals surface area (Å²) in [5.74, 6) is -0.251. The Morgan fingerprint density at radius 2 is 2.44 bits per heavy atom. The third-order valence-electron chi connectivity index (χ3n) is 3.28. The summed E-state index contributed by atoms with van der Waals surface area (Å²) in [6, 6.07) is 0. The zero-order valence-electron chi connectivity index (χ0n) is 9.25. The zero-order chi connectivity index (χ0) is 11.8. The smallest absolute Gasteiger partial charge is 0.264 e. The number of carbonyl (C=O) groups is 1. The number of likely N-dealkylation sites (tertiary alicyclic amines) is 1. The number of allylic oxidation sites excluding steroid dienone is 4. The number of amides is 1. The van der Waals surface area contributed by atoms with Gasteiger partial charge in [-0.1, -0.05) is 12.2 Å². The van der Waals surface area contributed by atoms with E-state index in [9.17, 15) is 9.18 Å². The lowest BCUT2D eigenvalue weighted by Gasteiger charge is -2.21. The van der Waals surface area contributed by atoms with Crippen molar-refractivity contribution in [1.29, 1.82) is 0 Å². The average Bonchev–Trinajstić information content (AvgIpc) is 2.47. The van der Waals surface area contributed by atoms with Crippen molar-refractivity contribution in [3.8, 4) is 0 Å². The minimum atomic E-state index is -1.76. The Labute approximate surface area is 99.8 Å². The number of hydrogen-bond acceptors (Lipinski definition) is 1. The van der Waals surface area contributed by atoms with Gasteiger partial charge in [0.15, 0.2) is 5.67 Å². The van der Waals surface area contributed by atoms with Crippen molar-refractivity contribution >= 4 is 17.5 Å². The molecule has 4 heteroatoms. The van der Waals surface area contributed by atoms with E-state index >= 15 is 0 Å². The van der Waals surface area contributed by atoms with Gasteiger partial charge in [-0.05, 0) is 25.8 Å². The quantitative estimate of drug-likeness (QED) is 0.698. The topological polar surface area (TPSA) is 20.3 Å². The molecule has 0 N–H and O–H groups in total. The summed E-state index contributed by atoms with van der Waals surface area (Å²) >= 11 is 5.61. The normalized spacial score (nSPS) is 32.9. The molecule has 2 nitrogen and oxygen atoms in total. The maximum absolute atomic E-state index is 14.3. The van der Waals surface area contributed by atoms with Crippen molar-refractivity contribution in [1.82, 2.24) is 4.90 Å². The van der Waals surface area contributed by atoms with Crippen LogP contribution < -0.4 is 0 Å². The van der Waals surface area contributed by atoms with Crippen LogP contribution in [0, 0.1) is 5.92 Å². The summed E-state index contributed by atoms with van der Waals surface area (Å²) in [7, 11) is 0. The van der Waals surface area contributed by atoms with Crippen LogP contribution >= 0.6 is 11.6 Å². The summed E-state index contributed by atoms with van der Waals surface area (Å²) in [4.78, 5) is 13.5. The van der Waals surface area contributed by atoms with Crippen molar-refractivity contribution in [2.75, 3.05) is 12.4 Å². The summed E-state index contributed by atoms with van der Waals surface area (Å²) in [6.45, 7) is 1.89. The Kier molecular flexibility index (Phi) is 3.06. The second kappa shape index (κ2) is 4.21. The molecule has 0 spiro atoms. The van der Waals surface area contributed by atoms with Crippen LogP contribution in [-0.2, 0) is 4.79 Å². The molecule has 1 heterocycles. The summed E-state index contributed by atoms with van der Waals surface area (Å²) in [5.41, 5.74) is -0.953. The Balaban J connectivity index is 2.27. The molecule has 1 aliphatic carbocycles. The SMILES string of the molecule is CC1(F)C(=O)N(CCCCl)C2=CC=CCC21. The predicted octanol–water partition coefficient (Wildman–Crippen LogP) is 2.65. The van der Waals surface area contributed by atoms with Gasteiger partial charge >= 0.3 is 0 Å². The molecule has 2 atom stereocenters. The molecule has 0 saturated carbocycles. The minimum absolute atomic E-state index is 0.319. The third-order valence-corrected chi connectivity index (χ3v) is 3.54. The largest absolute Gasteiger partial charge is 0.313 e. The fraction of sp³-hybridized carbons (Fsp3) is 0.583. The van der Waals surface area contributed by atoms with Crippen LogP contribution in [0.3, 0.4) is 0 Å². The molecule has 1 amide bonds. The fourth-order valence-corrected chi connectivity index (χ4v) is 2.49. The van der Waals surface area contributed by atoms with Gasteiger partial charge in [-0.3, -0.25) is 4.79 Å². The van der Waals surface area contributed by atoms with Gasteiger partial charge < -0.3 is 4.90 Å². The van der Waals surface area contributed by atoms with Gasteiger partial charge in [0.05, 0.1) is 0 Å². The molecule has 16 heavy (non-hydrogen) atoms. The van der Waals surface area contributed by atoms with Crippen LogP contribution in [0.1, 0.15) is 19.8 Å². The first-order chi connectivity index (χ1) is 7.59. The van der Waals surface area contributed by atoms with Gasteiger partial charge in [0.25, 0.3) is 5.91 Å². The Morgan fingerprint density at radius 3 is 3.12 bits per heavy atom. The molecule has 0 aromatic rings. The van der Waals surface area contributed by atoms with Crippen LogP contribution in [-0.4, -0.2) is 28.9 Å². The van der Waals surface area contributed by atoms with Crippen LogP contribution in [0.2, 0.25) is 0 Å². The number of hydrogen-bond donors (Lipinski definition) is 0. The predicted molar refractivity (Wildman–Crippen MR) is 61.9 cm³/mol. The van der Waals surface area contributed by atoms with Crippen molar-refractivity contribution in [2.45, 2.75) is 25.4 Å². The van der Waals surface area contributed by atoms with Crippen LogP contribution in [0.25, 0.3) is 0 Å². The Morgan fingerprint density at radius 1 is 1.69 bits per heavy atom. The van der Waals surface area contributed by atoms with Gasteiger partial charge in [0, 0.05) is 24.0 Å². The Hall–Kier alpha value is -0.830. The van der Waals surface area contributed by atoms with Crippen molar-refractivity contribution in [2.24, 2.45) is 5.92 Å². The number of alkyl halides is 2. The molecule has 0 bridgehead atoms.